The fourth-order valence-corrected chi connectivity index (χ4v) is 3.08. The number of hydrogen-bond donors (Lipinski definition) is 1. The monoisotopic (exact) mass is 316 g/mol. The number of aliphatic hydroxyl groups is 1. The number of hydrogen-bond acceptors (Lipinski definition) is 1. The average molecular weight is 317 g/mol. The van der Waals surface area contributed by atoms with Crippen LogP contribution in [-0.4, -0.2) is 5.11 Å². The SMILES string of the molecule is Cc1ccc(C(O)C2CC2c2ccccc2)cc1Br. The summed E-state index contributed by atoms with van der Waals surface area (Å²) in [5, 5.41) is 10.5. The van der Waals surface area contributed by atoms with Crippen LogP contribution in [0.15, 0.2) is 53.0 Å². The molecule has 1 fully saturated rings. The highest BCUT2D eigenvalue weighted by atomic mass is 79.9. The van der Waals surface area contributed by atoms with Crippen molar-refractivity contribution in [1.82, 2.24) is 0 Å². The Kier molecular flexibility index (Phi) is 3.46. The molecule has 0 aliphatic heterocycles. The van der Waals surface area contributed by atoms with Gasteiger partial charge < -0.3 is 5.11 Å². The highest BCUT2D eigenvalue weighted by Crippen LogP contribution is 2.54. The van der Waals surface area contributed by atoms with Crippen LogP contribution >= 0.6 is 15.9 Å². The van der Waals surface area contributed by atoms with E-state index in [1.807, 2.05) is 18.2 Å². The predicted molar refractivity (Wildman–Crippen MR) is 81.1 cm³/mol. The first kappa shape index (κ1) is 12.9. The molecule has 0 radical (unpaired) electrons. The van der Waals surface area contributed by atoms with E-state index < -0.39 is 0 Å². The van der Waals surface area contributed by atoms with Crippen LogP contribution < -0.4 is 0 Å². The largest absolute Gasteiger partial charge is 0.388 e. The van der Waals surface area contributed by atoms with Crippen molar-refractivity contribution in [2.75, 3.05) is 0 Å². The van der Waals surface area contributed by atoms with E-state index in [2.05, 4.69) is 53.2 Å². The van der Waals surface area contributed by atoms with Crippen molar-refractivity contribution in [3.05, 3.63) is 69.7 Å². The first-order valence-corrected chi connectivity index (χ1v) is 7.45. The first-order chi connectivity index (χ1) is 9.16. The molecule has 0 heterocycles. The Morgan fingerprint density at radius 2 is 1.89 bits per heavy atom. The first-order valence-electron chi connectivity index (χ1n) is 6.66. The van der Waals surface area contributed by atoms with Crippen LogP contribution in [0.2, 0.25) is 0 Å². The minimum Gasteiger partial charge on any atom is -0.388 e. The second kappa shape index (κ2) is 5.10. The molecule has 1 aliphatic carbocycles. The van der Waals surface area contributed by atoms with E-state index >= 15 is 0 Å². The van der Waals surface area contributed by atoms with Gasteiger partial charge in [-0.05, 0) is 47.9 Å². The van der Waals surface area contributed by atoms with Gasteiger partial charge in [0.15, 0.2) is 0 Å². The van der Waals surface area contributed by atoms with Crippen molar-refractivity contribution in [1.29, 1.82) is 0 Å². The molecule has 98 valence electrons. The molecule has 2 aromatic carbocycles. The Balaban J connectivity index is 1.76. The van der Waals surface area contributed by atoms with Crippen molar-refractivity contribution in [3.63, 3.8) is 0 Å². The van der Waals surface area contributed by atoms with Crippen molar-refractivity contribution < 1.29 is 5.11 Å². The van der Waals surface area contributed by atoms with Gasteiger partial charge in [0.05, 0.1) is 6.10 Å². The zero-order valence-electron chi connectivity index (χ0n) is 10.9. The maximum absolute atomic E-state index is 10.5. The molecule has 0 bridgehead atoms. The van der Waals surface area contributed by atoms with Gasteiger partial charge in [-0.3, -0.25) is 0 Å². The summed E-state index contributed by atoms with van der Waals surface area (Å²) in [5.41, 5.74) is 3.56. The van der Waals surface area contributed by atoms with E-state index in [-0.39, 0.29) is 6.10 Å². The van der Waals surface area contributed by atoms with Crippen LogP contribution in [0, 0.1) is 12.8 Å². The zero-order chi connectivity index (χ0) is 13.4. The number of halogens is 1. The van der Waals surface area contributed by atoms with Gasteiger partial charge >= 0.3 is 0 Å². The molecule has 3 atom stereocenters. The summed E-state index contributed by atoms with van der Waals surface area (Å²) >= 11 is 3.53. The lowest BCUT2D eigenvalue weighted by atomic mass is 10.0. The average Bonchev–Trinajstić information content (AvgIpc) is 3.22. The normalized spacial score (nSPS) is 23.1. The number of rotatable bonds is 3. The van der Waals surface area contributed by atoms with Crippen LogP contribution in [-0.2, 0) is 0 Å². The van der Waals surface area contributed by atoms with Crippen LogP contribution in [0.1, 0.15) is 35.1 Å². The lowest BCUT2D eigenvalue weighted by Gasteiger charge is -2.12. The summed E-state index contributed by atoms with van der Waals surface area (Å²) in [6.45, 7) is 2.06. The minimum absolute atomic E-state index is 0.358. The van der Waals surface area contributed by atoms with E-state index in [1.54, 1.807) is 0 Å². The molecule has 19 heavy (non-hydrogen) atoms. The Labute approximate surface area is 122 Å². The number of aliphatic hydroxyl groups excluding tert-OH is 1. The van der Waals surface area contributed by atoms with Crippen LogP contribution in [0.4, 0.5) is 0 Å². The van der Waals surface area contributed by atoms with Crippen LogP contribution in [0.25, 0.3) is 0 Å². The third-order valence-corrected chi connectivity index (χ3v) is 4.86. The summed E-state index contributed by atoms with van der Waals surface area (Å²) in [4.78, 5) is 0. The molecule has 1 nitrogen and oxygen atoms in total. The van der Waals surface area contributed by atoms with Crippen LogP contribution in [0.3, 0.4) is 0 Å². The third kappa shape index (κ3) is 2.60. The Bertz CT molecular complexity index is 579. The molecule has 2 heteroatoms. The summed E-state index contributed by atoms with van der Waals surface area (Å²) < 4.78 is 1.07. The van der Waals surface area contributed by atoms with E-state index in [1.165, 1.54) is 11.1 Å². The van der Waals surface area contributed by atoms with Gasteiger partial charge in [-0.15, -0.1) is 0 Å². The number of aryl methyl sites for hydroxylation is 1. The molecule has 0 aromatic heterocycles. The van der Waals surface area contributed by atoms with Gasteiger partial charge in [-0.2, -0.15) is 0 Å². The van der Waals surface area contributed by atoms with Gasteiger partial charge in [-0.1, -0.05) is 58.4 Å². The van der Waals surface area contributed by atoms with Crippen molar-refractivity contribution in [2.45, 2.75) is 25.4 Å². The standard InChI is InChI=1S/C17H17BrO/c1-11-7-8-13(9-16(11)18)17(19)15-10-14(15)12-5-3-2-4-6-12/h2-9,14-15,17,19H,10H2,1H3. The van der Waals surface area contributed by atoms with Crippen molar-refractivity contribution in [2.24, 2.45) is 5.92 Å². The predicted octanol–water partition coefficient (Wildman–Crippen LogP) is 4.59. The van der Waals surface area contributed by atoms with Gasteiger partial charge in [0.25, 0.3) is 0 Å². The van der Waals surface area contributed by atoms with Gasteiger partial charge in [0.1, 0.15) is 0 Å². The molecular weight excluding hydrogens is 300 g/mol. The molecular formula is C17H17BrO. The van der Waals surface area contributed by atoms with Crippen molar-refractivity contribution >= 4 is 15.9 Å². The number of benzene rings is 2. The summed E-state index contributed by atoms with van der Waals surface area (Å²) in [6, 6.07) is 16.6. The quantitative estimate of drug-likeness (QED) is 0.877. The van der Waals surface area contributed by atoms with Crippen molar-refractivity contribution in [3.8, 4) is 0 Å². The molecule has 2 aromatic rings. The van der Waals surface area contributed by atoms with E-state index in [9.17, 15) is 5.11 Å². The fourth-order valence-electron chi connectivity index (χ4n) is 2.69. The van der Waals surface area contributed by atoms with Gasteiger partial charge in [0.2, 0.25) is 0 Å². The summed E-state index contributed by atoms with van der Waals surface area (Å²) in [7, 11) is 0. The summed E-state index contributed by atoms with van der Waals surface area (Å²) in [5.74, 6) is 0.869. The maximum Gasteiger partial charge on any atom is 0.0824 e. The summed E-state index contributed by atoms with van der Waals surface area (Å²) in [6.07, 6.45) is 0.721. The molecule has 0 amide bonds. The second-order valence-electron chi connectivity index (χ2n) is 5.37. The lowest BCUT2D eigenvalue weighted by Crippen LogP contribution is -2.01. The Morgan fingerprint density at radius 3 is 2.58 bits per heavy atom. The molecule has 3 unspecified atom stereocenters. The highest BCUT2D eigenvalue weighted by Gasteiger charge is 2.43. The molecule has 1 N–H and O–H groups in total. The Morgan fingerprint density at radius 1 is 1.16 bits per heavy atom. The molecule has 1 aliphatic rings. The van der Waals surface area contributed by atoms with Gasteiger partial charge in [0, 0.05) is 4.47 Å². The van der Waals surface area contributed by atoms with Gasteiger partial charge in [-0.25, -0.2) is 0 Å². The topological polar surface area (TPSA) is 20.2 Å². The minimum atomic E-state index is -0.359. The molecule has 0 spiro atoms. The Hall–Kier alpha value is -1.12. The molecule has 0 saturated heterocycles. The zero-order valence-corrected chi connectivity index (χ0v) is 12.5. The second-order valence-corrected chi connectivity index (χ2v) is 6.22. The fraction of sp³-hybridized carbons (Fsp3) is 0.294. The van der Waals surface area contributed by atoms with Crippen LogP contribution in [0.5, 0.6) is 0 Å². The molecule has 3 rings (SSSR count). The lowest BCUT2D eigenvalue weighted by molar-refractivity contribution is 0.151. The van der Waals surface area contributed by atoms with E-state index in [0.717, 1.165) is 16.5 Å². The van der Waals surface area contributed by atoms with E-state index in [4.69, 9.17) is 0 Å². The third-order valence-electron chi connectivity index (χ3n) is 4.01. The highest BCUT2D eigenvalue weighted by molar-refractivity contribution is 9.10. The van der Waals surface area contributed by atoms with E-state index in [0.29, 0.717) is 11.8 Å². The molecule has 1 saturated carbocycles. The maximum atomic E-state index is 10.5. The smallest absolute Gasteiger partial charge is 0.0824 e.